The lowest BCUT2D eigenvalue weighted by Gasteiger charge is -2.35. The lowest BCUT2D eigenvalue weighted by Crippen LogP contribution is -2.34. The van der Waals surface area contributed by atoms with Crippen molar-refractivity contribution >= 4 is 0 Å². The molecule has 1 aromatic carbocycles. The van der Waals surface area contributed by atoms with Gasteiger partial charge >= 0.3 is 0 Å². The van der Waals surface area contributed by atoms with Crippen molar-refractivity contribution in [1.29, 1.82) is 0 Å². The first kappa shape index (κ1) is 17.5. The smallest absolute Gasteiger partial charge is 0.251 e. The van der Waals surface area contributed by atoms with E-state index in [9.17, 15) is 9.18 Å². The Balaban J connectivity index is 1.65. The van der Waals surface area contributed by atoms with Gasteiger partial charge in [-0.05, 0) is 49.2 Å². The average Bonchev–Trinajstić information content (AvgIpc) is 2.69. The first-order chi connectivity index (χ1) is 13.2. The van der Waals surface area contributed by atoms with Gasteiger partial charge in [0.2, 0.25) is 0 Å². The molecule has 3 heterocycles. The van der Waals surface area contributed by atoms with E-state index in [-0.39, 0.29) is 17.4 Å². The molecule has 1 aliphatic heterocycles. The lowest BCUT2D eigenvalue weighted by atomic mass is 9.98. The number of hydrogen-bond acceptors (Lipinski definition) is 4. The molecule has 6 heteroatoms. The molecule has 0 radical (unpaired) electrons. The van der Waals surface area contributed by atoms with Crippen LogP contribution in [0, 0.1) is 5.82 Å². The van der Waals surface area contributed by atoms with Crippen LogP contribution < -0.4 is 5.56 Å². The van der Waals surface area contributed by atoms with E-state index in [0.29, 0.717) is 12.4 Å². The van der Waals surface area contributed by atoms with Crippen molar-refractivity contribution in [1.82, 2.24) is 19.9 Å². The molecule has 27 heavy (non-hydrogen) atoms. The molecule has 2 aromatic heterocycles. The van der Waals surface area contributed by atoms with Crippen LogP contribution in [0.2, 0.25) is 0 Å². The van der Waals surface area contributed by atoms with Crippen LogP contribution in [0.5, 0.6) is 0 Å². The number of nitrogens with zero attached hydrogens (tertiary/aromatic N) is 3. The van der Waals surface area contributed by atoms with Crippen molar-refractivity contribution in [3.05, 3.63) is 82.3 Å². The van der Waals surface area contributed by atoms with Crippen LogP contribution in [-0.4, -0.2) is 26.4 Å². The standard InChI is InChI=1S/C21H21FN4O/c22-17-5-3-4-15(12-17)14-26-11-2-1-6-19(26)18-13-20(27)25-21(24-18)16-7-9-23-10-8-16/h3-5,7-10,12-13,19H,1-2,6,11,14H2,(H,24,25,27). The Kier molecular flexibility index (Phi) is 5.07. The van der Waals surface area contributed by atoms with Crippen LogP contribution in [0.25, 0.3) is 11.4 Å². The largest absolute Gasteiger partial charge is 0.307 e. The summed E-state index contributed by atoms with van der Waals surface area (Å²) in [6.07, 6.45) is 6.47. The SMILES string of the molecule is O=c1cc(C2CCCCN2Cc2cccc(F)c2)nc(-c2ccncc2)[nH]1. The summed E-state index contributed by atoms with van der Waals surface area (Å²) < 4.78 is 13.6. The van der Waals surface area contributed by atoms with E-state index in [0.717, 1.165) is 42.6 Å². The Morgan fingerprint density at radius 3 is 2.81 bits per heavy atom. The minimum atomic E-state index is -0.227. The number of piperidine rings is 1. The zero-order valence-electron chi connectivity index (χ0n) is 14.9. The highest BCUT2D eigenvalue weighted by Gasteiger charge is 2.26. The molecular weight excluding hydrogens is 343 g/mol. The Labute approximate surface area is 156 Å². The maximum atomic E-state index is 13.6. The molecule has 3 aromatic rings. The second-order valence-electron chi connectivity index (χ2n) is 6.87. The van der Waals surface area contributed by atoms with Crippen molar-refractivity contribution < 1.29 is 4.39 Å². The normalized spacial score (nSPS) is 17.7. The summed E-state index contributed by atoms with van der Waals surface area (Å²) in [7, 11) is 0. The molecule has 0 bridgehead atoms. The van der Waals surface area contributed by atoms with Gasteiger partial charge in [0, 0.05) is 30.6 Å². The number of rotatable bonds is 4. The minimum absolute atomic E-state index is 0.0462. The van der Waals surface area contributed by atoms with Crippen molar-refractivity contribution in [3.8, 4) is 11.4 Å². The van der Waals surface area contributed by atoms with Gasteiger partial charge in [-0.25, -0.2) is 9.37 Å². The maximum Gasteiger partial charge on any atom is 0.251 e. The van der Waals surface area contributed by atoms with Gasteiger partial charge in [0.1, 0.15) is 11.6 Å². The predicted octanol–water partition coefficient (Wildman–Crippen LogP) is 3.70. The number of hydrogen-bond donors (Lipinski definition) is 1. The number of likely N-dealkylation sites (tertiary alicyclic amines) is 1. The Hall–Kier alpha value is -2.86. The van der Waals surface area contributed by atoms with Gasteiger partial charge in [-0.2, -0.15) is 0 Å². The van der Waals surface area contributed by atoms with Crippen molar-refractivity contribution in [2.75, 3.05) is 6.54 Å². The number of nitrogens with one attached hydrogen (secondary N) is 1. The van der Waals surface area contributed by atoms with E-state index in [1.807, 2.05) is 18.2 Å². The van der Waals surface area contributed by atoms with Gasteiger partial charge in [-0.15, -0.1) is 0 Å². The third kappa shape index (κ3) is 4.11. The summed E-state index contributed by atoms with van der Waals surface area (Å²) in [4.78, 5) is 26.1. The molecule has 1 unspecified atom stereocenters. The average molecular weight is 364 g/mol. The first-order valence-electron chi connectivity index (χ1n) is 9.19. The van der Waals surface area contributed by atoms with Crippen LogP contribution in [0.4, 0.5) is 4.39 Å². The van der Waals surface area contributed by atoms with Crippen LogP contribution >= 0.6 is 0 Å². The highest BCUT2D eigenvalue weighted by molar-refractivity contribution is 5.53. The second-order valence-corrected chi connectivity index (χ2v) is 6.87. The van der Waals surface area contributed by atoms with Gasteiger partial charge in [0.15, 0.2) is 0 Å². The Morgan fingerprint density at radius 2 is 2.00 bits per heavy atom. The van der Waals surface area contributed by atoms with Crippen molar-refractivity contribution in [2.45, 2.75) is 31.8 Å². The third-order valence-corrected chi connectivity index (χ3v) is 4.95. The van der Waals surface area contributed by atoms with E-state index >= 15 is 0 Å². The van der Waals surface area contributed by atoms with Gasteiger partial charge < -0.3 is 4.98 Å². The Morgan fingerprint density at radius 1 is 1.15 bits per heavy atom. The molecule has 0 aliphatic carbocycles. The van der Waals surface area contributed by atoms with E-state index < -0.39 is 0 Å². The molecule has 1 fully saturated rings. The summed E-state index contributed by atoms with van der Waals surface area (Å²) in [5.74, 6) is 0.325. The summed E-state index contributed by atoms with van der Waals surface area (Å²) in [5.41, 5.74) is 2.36. The van der Waals surface area contributed by atoms with E-state index in [1.54, 1.807) is 30.6 Å². The fourth-order valence-electron chi connectivity index (χ4n) is 3.68. The van der Waals surface area contributed by atoms with E-state index in [2.05, 4.69) is 14.9 Å². The lowest BCUT2D eigenvalue weighted by molar-refractivity contribution is 0.137. The minimum Gasteiger partial charge on any atom is -0.307 e. The number of pyridine rings is 1. The molecule has 0 spiro atoms. The number of halogens is 1. The molecule has 0 saturated carbocycles. The highest BCUT2D eigenvalue weighted by Crippen LogP contribution is 2.31. The fourth-order valence-corrected chi connectivity index (χ4v) is 3.68. The molecule has 138 valence electrons. The summed E-state index contributed by atoms with van der Waals surface area (Å²) in [5, 5.41) is 0. The molecule has 0 amide bonds. The molecule has 1 saturated heterocycles. The topological polar surface area (TPSA) is 61.9 Å². The summed E-state index contributed by atoms with van der Waals surface area (Å²) in [6, 6.07) is 12.0. The third-order valence-electron chi connectivity index (χ3n) is 4.95. The van der Waals surface area contributed by atoms with E-state index in [4.69, 9.17) is 4.98 Å². The Bertz CT molecular complexity index is 973. The van der Waals surface area contributed by atoms with Crippen LogP contribution in [0.15, 0.2) is 59.7 Å². The first-order valence-corrected chi connectivity index (χ1v) is 9.19. The number of aromatic amines is 1. The summed E-state index contributed by atoms with van der Waals surface area (Å²) >= 11 is 0. The maximum absolute atomic E-state index is 13.6. The van der Waals surface area contributed by atoms with Crippen LogP contribution in [0.1, 0.15) is 36.6 Å². The second kappa shape index (κ2) is 7.80. The van der Waals surface area contributed by atoms with Gasteiger partial charge in [-0.3, -0.25) is 14.7 Å². The highest BCUT2D eigenvalue weighted by atomic mass is 19.1. The zero-order valence-corrected chi connectivity index (χ0v) is 14.9. The molecule has 4 rings (SSSR count). The number of benzene rings is 1. The molecule has 1 aliphatic rings. The van der Waals surface area contributed by atoms with Gasteiger partial charge in [0.25, 0.3) is 5.56 Å². The van der Waals surface area contributed by atoms with Crippen LogP contribution in [-0.2, 0) is 6.54 Å². The fraction of sp³-hybridized carbons (Fsp3) is 0.286. The van der Waals surface area contributed by atoms with Gasteiger partial charge in [0.05, 0.1) is 11.7 Å². The molecule has 1 N–H and O–H groups in total. The van der Waals surface area contributed by atoms with Crippen molar-refractivity contribution in [2.24, 2.45) is 0 Å². The monoisotopic (exact) mass is 364 g/mol. The van der Waals surface area contributed by atoms with Gasteiger partial charge in [-0.1, -0.05) is 18.6 Å². The molecule has 5 nitrogen and oxygen atoms in total. The number of aromatic nitrogens is 3. The zero-order chi connectivity index (χ0) is 18.6. The van der Waals surface area contributed by atoms with Crippen molar-refractivity contribution in [3.63, 3.8) is 0 Å². The quantitative estimate of drug-likeness (QED) is 0.767. The molecule has 1 atom stereocenters. The summed E-state index contributed by atoms with van der Waals surface area (Å²) in [6.45, 7) is 1.54. The number of H-pyrrole nitrogens is 1. The molecular formula is C21H21FN4O. The van der Waals surface area contributed by atoms with E-state index in [1.165, 1.54) is 6.07 Å². The predicted molar refractivity (Wildman–Crippen MR) is 101 cm³/mol. The van der Waals surface area contributed by atoms with Crippen LogP contribution in [0.3, 0.4) is 0 Å².